The molecule has 0 saturated carbocycles. The second-order valence-corrected chi connectivity index (χ2v) is 8.39. The fourth-order valence-corrected chi connectivity index (χ4v) is 3.56. The molecule has 1 fully saturated rings. The number of allylic oxidation sites excluding steroid dienone is 2. The van der Waals surface area contributed by atoms with Crippen molar-refractivity contribution in [2.75, 3.05) is 13.1 Å². The molecule has 126 valence electrons. The number of aryl methyl sites for hydroxylation is 1. The van der Waals surface area contributed by atoms with Crippen LogP contribution in [0.1, 0.15) is 51.2 Å². The van der Waals surface area contributed by atoms with E-state index in [0.29, 0.717) is 11.3 Å². The third-order valence-corrected chi connectivity index (χ3v) is 4.77. The van der Waals surface area contributed by atoms with Crippen LogP contribution < -0.4 is 0 Å². The van der Waals surface area contributed by atoms with Gasteiger partial charge in [0.15, 0.2) is 0 Å². The van der Waals surface area contributed by atoms with Gasteiger partial charge in [-0.25, -0.2) is 0 Å². The SMILES string of the molecule is C=C(Cc1cccc(C)c1)C1CCN(C(=C)CC(C)(C)C)CC1. The van der Waals surface area contributed by atoms with E-state index in [2.05, 4.69) is 70.0 Å². The van der Waals surface area contributed by atoms with E-state index in [0.717, 1.165) is 25.9 Å². The zero-order chi connectivity index (χ0) is 17.0. The summed E-state index contributed by atoms with van der Waals surface area (Å²) in [4.78, 5) is 2.49. The molecule has 1 aliphatic rings. The highest BCUT2D eigenvalue weighted by Gasteiger charge is 2.24. The van der Waals surface area contributed by atoms with Crippen LogP contribution in [0.4, 0.5) is 0 Å². The van der Waals surface area contributed by atoms with Gasteiger partial charge in [0.25, 0.3) is 0 Å². The fraction of sp³-hybridized carbons (Fsp3) is 0.545. The van der Waals surface area contributed by atoms with Crippen LogP contribution in [0.3, 0.4) is 0 Å². The molecule has 1 aliphatic heterocycles. The summed E-state index contributed by atoms with van der Waals surface area (Å²) < 4.78 is 0. The Morgan fingerprint density at radius 1 is 1.17 bits per heavy atom. The Bertz CT molecular complexity index is 554. The summed E-state index contributed by atoms with van der Waals surface area (Å²) in [5.41, 5.74) is 5.76. The molecule has 1 aromatic carbocycles. The van der Waals surface area contributed by atoms with E-state index in [1.54, 1.807) is 0 Å². The minimum Gasteiger partial charge on any atom is -0.375 e. The Hall–Kier alpha value is -1.50. The number of hydrogen-bond donors (Lipinski definition) is 0. The van der Waals surface area contributed by atoms with Gasteiger partial charge in [0, 0.05) is 18.8 Å². The maximum absolute atomic E-state index is 4.39. The molecule has 0 aliphatic carbocycles. The van der Waals surface area contributed by atoms with Gasteiger partial charge in [0.1, 0.15) is 0 Å². The van der Waals surface area contributed by atoms with Gasteiger partial charge in [-0.1, -0.05) is 69.3 Å². The third-order valence-electron chi connectivity index (χ3n) is 4.77. The van der Waals surface area contributed by atoms with Crippen LogP contribution in [-0.4, -0.2) is 18.0 Å². The first-order chi connectivity index (χ1) is 10.7. The molecular formula is C22H33N. The minimum atomic E-state index is 0.322. The fourth-order valence-electron chi connectivity index (χ4n) is 3.56. The third kappa shape index (κ3) is 5.57. The molecule has 1 heterocycles. The van der Waals surface area contributed by atoms with Crippen molar-refractivity contribution < 1.29 is 0 Å². The molecule has 0 aromatic heterocycles. The van der Waals surface area contributed by atoms with Crippen molar-refractivity contribution in [3.63, 3.8) is 0 Å². The normalized spacial score (nSPS) is 16.4. The number of rotatable bonds is 5. The van der Waals surface area contributed by atoms with Crippen molar-refractivity contribution in [1.82, 2.24) is 4.90 Å². The van der Waals surface area contributed by atoms with Crippen molar-refractivity contribution in [1.29, 1.82) is 0 Å². The van der Waals surface area contributed by atoms with Crippen LogP contribution in [-0.2, 0) is 6.42 Å². The zero-order valence-corrected chi connectivity index (χ0v) is 15.5. The van der Waals surface area contributed by atoms with Crippen LogP contribution in [0.2, 0.25) is 0 Å². The highest BCUT2D eigenvalue weighted by Crippen LogP contribution is 2.31. The van der Waals surface area contributed by atoms with Crippen LogP contribution in [0.15, 0.2) is 48.7 Å². The molecular weight excluding hydrogens is 278 g/mol. The lowest BCUT2D eigenvalue weighted by atomic mass is 9.85. The van der Waals surface area contributed by atoms with E-state index in [4.69, 9.17) is 0 Å². The molecule has 1 saturated heterocycles. The van der Waals surface area contributed by atoms with E-state index < -0.39 is 0 Å². The molecule has 0 amide bonds. The van der Waals surface area contributed by atoms with Crippen molar-refractivity contribution in [3.05, 3.63) is 59.8 Å². The Labute approximate surface area is 143 Å². The molecule has 0 bridgehead atoms. The van der Waals surface area contributed by atoms with Gasteiger partial charge in [0.05, 0.1) is 0 Å². The average molecular weight is 312 g/mol. The first kappa shape index (κ1) is 17.8. The first-order valence-corrected chi connectivity index (χ1v) is 8.90. The quantitative estimate of drug-likeness (QED) is 0.625. The zero-order valence-electron chi connectivity index (χ0n) is 15.5. The molecule has 23 heavy (non-hydrogen) atoms. The summed E-state index contributed by atoms with van der Waals surface area (Å²) in [6.45, 7) is 20.0. The van der Waals surface area contributed by atoms with Crippen molar-refractivity contribution in [2.45, 2.75) is 53.4 Å². The van der Waals surface area contributed by atoms with E-state index in [1.807, 2.05) is 0 Å². The molecule has 0 spiro atoms. The van der Waals surface area contributed by atoms with Crippen molar-refractivity contribution in [3.8, 4) is 0 Å². The number of benzene rings is 1. The Kier molecular flexibility index (Phi) is 5.73. The molecule has 1 nitrogen and oxygen atoms in total. The lowest BCUT2D eigenvalue weighted by Crippen LogP contribution is -2.34. The predicted molar refractivity (Wildman–Crippen MR) is 102 cm³/mol. The molecule has 0 N–H and O–H groups in total. The molecule has 0 unspecified atom stereocenters. The molecule has 1 aromatic rings. The maximum Gasteiger partial charge on any atom is 0.0180 e. The van der Waals surface area contributed by atoms with Crippen LogP contribution in [0.25, 0.3) is 0 Å². The van der Waals surface area contributed by atoms with Gasteiger partial charge in [-0.3, -0.25) is 0 Å². The van der Waals surface area contributed by atoms with E-state index >= 15 is 0 Å². The van der Waals surface area contributed by atoms with E-state index in [-0.39, 0.29) is 0 Å². The molecule has 0 radical (unpaired) electrons. The minimum absolute atomic E-state index is 0.322. The standard InChI is InChI=1S/C22H33N/c1-17-8-7-9-20(14-17)15-18(2)21-10-12-23(13-11-21)19(3)16-22(4,5)6/h7-9,14,21H,2-3,10-13,15-16H2,1,4-6H3. The monoisotopic (exact) mass is 311 g/mol. The lowest BCUT2D eigenvalue weighted by Gasteiger charge is -2.37. The van der Waals surface area contributed by atoms with Gasteiger partial charge in [-0.15, -0.1) is 0 Å². The smallest absolute Gasteiger partial charge is 0.0180 e. The summed E-state index contributed by atoms with van der Waals surface area (Å²) in [6, 6.07) is 8.81. The number of hydrogen-bond acceptors (Lipinski definition) is 1. The van der Waals surface area contributed by atoms with E-state index in [1.165, 1.54) is 35.2 Å². The van der Waals surface area contributed by atoms with Gasteiger partial charge in [-0.05, 0) is 49.5 Å². The van der Waals surface area contributed by atoms with Crippen LogP contribution >= 0.6 is 0 Å². The summed E-state index contributed by atoms with van der Waals surface area (Å²) in [5, 5.41) is 0. The maximum atomic E-state index is 4.39. The summed E-state index contributed by atoms with van der Waals surface area (Å²) in [6.07, 6.45) is 4.54. The largest absolute Gasteiger partial charge is 0.375 e. The number of likely N-dealkylation sites (tertiary alicyclic amines) is 1. The highest BCUT2D eigenvalue weighted by molar-refractivity contribution is 5.26. The number of nitrogens with zero attached hydrogens (tertiary/aromatic N) is 1. The second kappa shape index (κ2) is 7.38. The van der Waals surface area contributed by atoms with Gasteiger partial charge in [-0.2, -0.15) is 0 Å². The van der Waals surface area contributed by atoms with E-state index in [9.17, 15) is 0 Å². The lowest BCUT2D eigenvalue weighted by molar-refractivity contribution is 0.221. The number of piperidine rings is 1. The highest BCUT2D eigenvalue weighted by atomic mass is 15.1. The average Bonchev–Trinajstić information content (AvgIpc) is 2.45. The van der Waals surface area contributed by atoms with Crippen molar-refractivity contribution in [2.24, 2.45) is 11.3 Å². The summed E-state index contributed by atoms with van der Waals surface area (Å²) >= 11 is 0. The summed E-state index contributed by atoms with van der Waals surface area (Å²) in [5.74, 6) is 0.661. The Morgan fingerprint density at radius 2 is 1.83 bits per heavy atom. The Morgan fingerprint density at radius 3 is 2.39 bits per heavy atom. The topological polar surface area (TPSA) is 3.24 Å². The summed E-state index contributed by atoms with van der Waals surface area (Å²) in [7, 11) is 0. The van der Waals surface area contributed by atoms with Gasteiger partial charge in [0.2, 0.25) is 0 Å². The molecule has 0 atom stereocenters. The van der Waals surface area contributed by atoms with Gasteiger partial charge >= 0.3 is 0 Å². The first-order valence-electron chi connectivity index (χ1n) is 8.90. The molecule has 2 rings (SSSR count). The van der Waals surface area contributed by atoms with Crippen LogP contribution in [0, 0.1) is 18.3 Å². The Balaban J connectivity index is 1.84. The second-order valence-electron chi connectivity index (χ2n) is 8.39. The molecule has 1 heteroatoms. The van der Waals surface area contributed by atoms with Crippen LogP contribution in [0.5, 0.6) is 0 Å². The predicted octanol–water partition coefficient (Wildman–Crippen LogP) is 5.76. The van der Waals surface area contributed by atoms with Crippen molar-refractivity contribution >= 4 is 0 Å². The van der Waals surface area contributed by atoms with Gasteiger partial charge < -0.3 is 4.90 Å².